The number of ketones is 1. The van der Waals surface area contributed by atoms with Crippen LogP contribution in [0.2, 0.25) is 5.02 Å². The minimum atomic E-state index is -0.0294. The molecule has 0 atom stereocenters. The molecule has 0 aliphatic heterocycles. The van der Waals surface area contributed by atoms with Gasteiger partial charge in [0.2, 0.25) is 0 Å². The summed E-state index contributed by atoms with van der Waals surface area (Å²) in [6.07, 6.45) is 1.57. The lowest BCUT2D eigenvalue weighted by Gasteiger charge is -2.12. The molecule has 0 saturated carbocycles. The highest BCUT2D eigenvalue weighted by atomic mass is 35.5. The van der Waals surface area contributed by atoms with Gasteiger partial charge in [-0.15, -0.1) is 0 Å². The van der Waals surface area contributed by atoms with Gasteiger partial charge in [0.15, 0.2) is 5.78 Å². The third kappa shape index (κ3) is 3.44. The first kappa shape index (κ1) is 17.7. The second-order valence-electron chi connectivity index (χ2n) is 6.22. The molecule has 1 N–H and O–H groups in total. The van der Waals surface area contributed by atoms with Gasteiger partial charge in [-0.3, -0.25) is 9.78 Å². The Labute approximate surface area is 167 Å². The number of anilines is 2. The second kappa shape index (κ2) is 7.51. The third-order valence-electron chi connectivity index (χ3n) is 4.40. The van der Waals surface area contributed by atoms with Crippen molar-refractivity contribution in [2.75, 3.05) is 5.32 Å². The van der Waals surface area contributed by atoms with Crippen LogP contribution in [0.15, 0.2) is 79.0 Å². The van der Waals surface area contributed by atoms with E-state index in [1.54, 1.807) is 48.7 Å². The van der Waals surface area contributed by atoms with Crippen molar-refractivity contribution >= 4 is 39.7 Å². The van der Waals surface area contributed by atoms with Crippen LogP contribution >= 0.6 is 11.6 Å². The van der Waals surface area contributed by atoms with Crippen molar-refractivity contribution in [2.24, 2.45) is 0 Å². The summed E-state index contributed by atoms with van der Waals surface area (Å²) >= 11 is 6.35. The molecule has 4 aromatic rings. The second-order valence-corrected chi connectivity index (χ2v) is 6.63. The van der Waals surface area contributed by atoms with Crippen LogP contribution in [0.5, 0.6) is 0 Å². The Hall–Kier alpha value is -3.68. The standard InChI is InChI=1S/C23H14ClN3O/c24-20-14-26-21-11-6-15(13-25)12-19(21)22(20)27-18-9-7-17(8-10-18)23(28)16-4-2-1-3-5-16/h1-12,14H,(H,26,27). The Balaban J connectivity index is 1.66. The molecule has 0 saturated heterocycles. The fraction of sp³-hybridized carbons (Fsp3) is 0. The van der Waals surface area contributed by atoms with Gasteiger partial charge in [0, 0.05) is 28.4 Å². The topological polar surface area (TPSA) is 65.8 Å². The van der Waals surface area contributed by atoms with Gasteiger partial charge in [-0.25, -0.2) is 0 Å². The van der Waals surface area contributed by atoms with Gasteiger partial charge in [0.25, 0.3) is 0 Å². The molecule has 0 radical (unpaired) electrons. The first-order valence-electron chi connectivity index (χ1n) is 8.61. The van der Waals surface area contributed by atoms with Crippen LogP contribution in [0.4, 0.5) is 11.4 Å². The third-order valence-corrected chi connectivity index (χ3v) is 4.69. The zero-order valence-corrected chi connectivity index (χ0v) is 15.4. The van der Waals surface area contributed by atoms with E-state index >= 15 is 0 Å². The normalized spacial score (nSPS) is 10.4. The van der Waals surface area contributed by atoms with E-state index in [2.05, 4.69) is 16.4 Å². The van der Waals surface area contributed by atoms with E-state index in [0.717, 1.165) is 16.6 Å². The predicted molar refractivity (Wildman–Crippen MR) is 111 cm³/mol. The molecule has 0 amide bonds. The van der Waals surface area contributed by atoms with E-state index in [9.17, 15) is 4.79 Å². The van der Waals surface area contributed by atoms with Crippen molar-refractivity contribution in [3.05, 3.63) is 101 Å². The Morgan fingerprint density at radius 1 is 0.964 bits per heavy atom. The SMILES string of the molecule is N#Cc1ccc2ncc(Cl)c(Nc3ccc(C(=O)c4ccccc4)cc3)c2c1. The predicted octanol–water partition coefficient (Wildman–Crippen LogP) is 5.73. The molecule has 0 bridgehead atoms. The van der Waals surface area contributed by atoms with Gasteiger partial charge in [0.05, 0.1) is 27.9 Å². The largest absolute Gasteiger partial charge is 0.354 e. The number of nitriles is 1. The van der Waals surface area contributed by atoms with E-state index in [-0.39, 0.29) is 5.78 Å². The summed E-state index contributed by atoms with van der Waals surface area (Å²) in [5, 5.41) is 13.7. The lowest BCUT2D eigenvalue weighted by Crippen LogP contribution is -2.01. The van der Waals surface area contributed by atoms with Gasteiger partial charge in [-0.1, -0.05) is 41.9 Å². The minimum Gasteiger partial charge on any atom is -0.354 e. The average Bonchev–Trinajstić information content (AvgIpc) is 2.76. The summed E-state index contributed by atoms with van der Waals surface area (Å²) in [6.45, 7) is 0. The van der Waals surface area contributed by atoms with Gasteiger partial charge < -0.3 is 5.32 Å². The number of hydrogen-bond donors (Lipinski definition) is 1. The van der Waals surface area contributed by atoms with E-state index in [4.69, 9.17) is 16.9 Å². The number of hydrogen-bond acceptors (Lipinski definition) is 4. The number of benzene rings is 3. The first-order chi connectivity index (χ1) is 13.7. The highest BCUT2D eigenvalue weighted by molar-refractivity contribution is 6.34. The molecule has 4 nitrogen and oxygen atoms in total. The maximum absolute atomic E-state index is 12.5. The van der Waals surface area contributed by atoms with Crippen LogP contribution in [0.1, 0.15) is 21.5 Å². The average molecular weight is 384 g/mol. The Bertz CT molecular complexity index is 1210. The zero-order chi connectivity index (χ0) is 19.5. The molecule has 1 aromatic heterocycles. The fourth-order valence-corrected chi connectivity index (χ4v) is 3.17. The summed E-state index contributed by atoms with van der Waals surface area (Å²) < 4.78 is 0. The van der Waals surface area contributed by atoms with Crippen LogP contribution in [0.25, 0.3) is 10.9 Å². The van der Waals surface area contributed by atoms with Crippen molar-refractivity contribution in [1.82, 2.24) is 4.98 Å². The quantitative estimate of drug-likeness (QED) is 0.457. The van der Waals surface area contributed by atoms with Gasteiger partial charge in [-0.2, -0.15) is 5.26 Å². The molecule has 0 unspecified atom stereocenters. The lowest BCUT2D eigenvalue weighted by atomic mass is 10.0. The van der Waals surface area contributed by atoms with Gasteiger partial charge in [-0.05, 0) is 42.5 Å². The van der Waals surface area contributed by atoms with Crippen LogP contribution in [0.3, 0.4) is 0 Å². The highest BCUT2D eigenvalue weighted by Gasteiger charge is 2.11. The van der Waals surface area contributed by atoms with Gasteiger partial charge >= 0.3 is 0 Å². The number of carbonyl (C=O) groups excluding carboxylic acids is 1. The molecule has 0 aliphatic carbocycles. The van der Waals surface area contributed by atoms with Crippen LogP contribution < -0.4 is 5.32 Å². The number of pyridine rings is 1. The molecular formula is C23H14ClN3O. The zero-order valence-electron chi connectivity index (χ0n) is 14.7. The Kier molecular flexibility index (Phi) is 4.76. The molecule has 0 spiro atoms. The highest BCUT2D eigenvalue weighted by Crippen LogP contribution is 2.33. The van der Waals surface area contributed by atoms with Crippen molar-refractivity contribution < 1.29 is 4.79 Å². The van der Waals surface area contributed by atoms with Gasteiger partial charge in [0.1, 0.15) is 0 Å². The number of carbonyl (C=O) groups is 1. The summed E-state index contributed by atoms with van der Waals surface area (Å²) in [5.41, 5.74) is 3.97. The van der Waals surface area contributed by atoms with Crippen molar-refractivity contribution in [2.45, 2.75) is 0 Å². The molecular weight excluding hydrogens is 370 g/mol. The molecule has 4 rings (SSSR count). The number of aromatic nitrogens is 1. The Morgan fingerprint density at radius 3 is 2.39 bits per heavy atom. The molecule has 0 aliphatic rings. The number of halogens is 1. The number of nitrogens with zero attached hydrogens (tertiary/aromatic N) is 2. The molecule has 28 heavy (non-hydrogen) atoms. The Morgan fingerprint density at radius 2 is 1.68 bits per heavy atom. The maximum Gasteiger partial charge on any atom is 0.193 e. The van der Waals surface area contributed by atoms with Crippen LogP contribution in [0, 0.1) is 11.3 Å². The molecule has 5 heteroatoms. The molecule has 134 valence electrons. The summed E-state index contributed by atoms with van der Waals surface area (Å²) in [4.78, 5) is 16.8. The number of nitrogens with one attached hydrogen (secondary N) is 1. The van der Waals surface area contributed by atoms with E-state index in [0.29, 0.717) is 27.4 Å². The van der Waals surface area contributed by atoms with Crippen molar-refractivity contribution in [1.29, 1.82) is 5.26 Å². The summed E-state index contributed by atoms with van der Waals surface area (Å²) in [7, 11) is 0. The fourth-order valence-electron chi connectivity index (χ4n) is 2.97. The maximum atomic E-state index is 12.5. The molecule has 3 aromatic carbocycles. The number of fused-ring (bicyclic) bond motifs is 1. The van der Waals surface area contributed by atoms with Crippen LogP contribution in [-0.2, 0) is 0 Å². The number of rotatable bonds is 4. The minimum absolute atomic E-state index is 0.0294. The monoisotopic (exact) mass is 383 g/mol. The summed E-state index contributed by atoms with van der Waals surface area (Å²) in [6, 6.07) is 23.7. The summed E-state index contributed by atoms with van der Waals surface area (Å²) in [5.74, 6) is -0.0294. The molecule has 1 heterocycles. The van der Waals surface area contributed by atoms with Crippen molar-refractivity contribution in [3.63, 3.8) is 0 Å². The smallest absolute Gasteiger partial charge is 0.193 e. The molecule has 0 fully saturated rings. The van der Waals surface area contributed by atoms with E-state index < -0.39 is 0 Å². The lowest BCUT2D eigenvalue weighted by molar-refractivity contribution is 0.103. The van der Waals surface area contributed by atoms with Crippen LogP contribution in [-0.4, -0.2) is 10.8 Å². The van der Waals surface area contributed by atoms with E-state index in [1.807, 2.05) is 30.3 Å². The van der Waals surface area contributed by atoms with E-state index in [1.165, 1.54) is 0 Å². The first-order valence-corrected chi connectivity index (χ1v) is 8.99. The van der Waals surface area contributed by atoms with Crippen molar-refractivity contribution in [3.8, 4) is 6.07 Å².